The zero-order chi connectivity index (χ0) is 23.6. The third kappa shape index (κ3) is 5.62. The number of aliphatic carboxylic acids is 1. The Labute approximate surface area is 197 Å². The number of carbonyl (C=O) groups is 1. The van der Waals surface area contributed by atoms with Crippen molar-refractivity contribution in [2.45, 2.75) is 49.5 Å². The maximum Gasteiger partial charge on any atom is 0.328 e. The molecule has 1 saturated carbocycles. The van der Waals surface area contributed by atoms with Crippen LogP contribution in [0.1, 0.15) is 41.3 Å². The summed E-state index contributed by atoms with van der Waals surface area (Å²) in [6.45, 7) is 0.143. The van der Waals surface area contributed by atoms with Gasteiger partial charge in [-0.25, -0.2) is 4.98 Å². The summed E-state index contributed by atoms with van der Waals surface area (Å²) >= 11 is 6.30. The average molecular weight is 490 g/mol. The van der Waals surface area contributed by atoms with E-state index in [2.05, 4.69) is 10.3 Å². The van der Waals surface area contributed by atoms with Gasteiger partial charge in [-0.3, -0.25) is 14.7 Å². The van der Waals surface area contributed by atoms with E-state index in [1.54, 1.807) is 24.3 Å². The van der Waals surface area contributed by atoms with Crippen LogP contribution in [0.5, 0.6) is 0 Å². The molecule has 1 heterocycles. The van der Waals surface area contributed by atoms with Gasteiger partial charge in [0.2, 0.25) is 0 Å². The molecule has 1 unspecified atom stereocenters. The van der Waals surface area contributed by atoms with Crippen LogP contribution < -0.4 is 5.32 Å². The molecule has 1 aliphatic rings. The fraction of sp³-hybridized carbons (Fsp3) is 0.304. The van der Waals surface area contributed by atoms with E-state index in [9.17, 15) is 22.9 Å². The number of nitrogens with one attached hydrogen (secondary N) is 1. The summed E-state index contributed by atoms with van der Waals surface area (Å²) in [5.41, 5.74) is 2.61. The first-order chi connectivity index (χ1) is 15.7. The molecule has 33 heavy (non-hydrogen) atoms. The number of carboxylic acid groups (broad SMARTS) is 1. The van der Waals surface area contributed by atoms with Crippen molar-refractivity contribution in [1.29, 1.82) is 0 Å². The highest BCUT2D eigenvalue weighted by atomic mass is 35.5. The van der Waals surface area contributed by atoms with E-state index in [0.717, 1.165) is 18.4 Å². The van der Waals surface area contributed by atoms with E-state index in [1.165, 1.54) is 4.57 Å². The van der Waals surface area contributed by atoms with Crippen LogP contribution in [0.25, 0.3) is 0 Å². The third-order valence-corrected chi connectivity index (χ3v) is 6.79. The van der Waals surface area contributed by atoms with Crippen LogP contribution >= 0.6 is 11.6 Å². The lowest BCUT2D eigenvalue weighted by Crippen LogP contribution is -2.38. The number of aromatic nitrogens is 2. The van der Waals surface area contributed by atoms with E-state index in [1.807, 2.05) is 30.3 Å². The number of hydrogen-bond donors (Lipinski definition) is 3. The van der Waals surface area contributed by atoms with Crippen molar-refractivity contribution < 1.29 is 22.9 Å². The van der Waals surface area contributed by atoms with E-state index in [0.29, 0.717) is 22.0 Å². The van der Waals surface area contributed by atoms with Crippen LogP contribution in [-0.2, 0) is 34.4 Å². The minimum Gasteiger partial charge on any atom is -0.480 e. The van der Waals surface area contributed by atoms with Gasteiger partial charge in [0.05, 0.1) is 17.9 Å². The Bertz CT molecular complexity index is 1260. The zero-order valence-electron chi connectivity index (χ0n) is 17.7. The summed E-state index contributed by atoms with van der Waals surface area (Å²) in [5.74, 6) is -0.939. The van der Waals surface area contributed by atoms with Crippen molar-refractivity contribution in [3.63, 3.8) is 0 Å². The maximum absolute atomic E-state index is 12.1. The molecule has 174 valence electrons. The molecule has 0 saturated heterocycles. The summed E-state index contributed by atoms with van der Waals surface area (Å²) in [4.78, 5) is 16.2. The van der Waals surface area contributed by atoms with E-state index >= 15 is 0 Å². The molecule has 3 N–H and O–H groups in total. The second kappa shape index (κ2) is 9.64. The Hall–Kier alpha value is -2.72. The molecular formula is C23H24ClN3O5S. The van der Waals surface area contributed by atoms with Crippen LogP contribution in [0.3, 0.4) is 0 Å². The molecule has 0 amide bonds. The molecule has 4 rings (SSSR count). The van der Waals surface area contributed by atoms with E-state index in [4.69, 9.17) is 11.6 Å². The number of hydrogen-bond acceptors (Lipinski definition) is 5. The standard InChI is InChI=1S/C23H24ClN3O5S/c24-18-9-5-4-8-17(18)14-27-20(21(16-10-11-16)26-23(27)33(30,31)32)13-25-19(22(28)29)12-15-6-2-1-3-7-15/h1-9,16,19,25H,10-14H2,(H,28,29)(H,30,31,32). The SMILES string of the molecule is O=C(O)C(Cc1ccccc1)NCc1c(C2CC2)nc(S(=O)(=O)O)n1Cc1ccccc1Cl. The van der Waals surface area contributed by atoms with Gasteiger partial charge in [0, 0.05) is 17.5 Å². The number of halogens is 1. The van der Waals surface area contributed by atoms with Gasteiger partial charge in [-0.05, 0) is 36.5 Å². The minimum absolute atomic E-state index is 0.0714. The molecule has 0 spiro atoms. The predicted octanol–water partition coefficient (Wildman–Crippen LogP) is 3.49. The number of nitrogens with zero attached hydrogens (tertiary/aromatic N) is 2. The summed E-state index contributed by atoms with van der Waals surface area (Å²) < 4.78 is 35.6. The molecule has 1 aliphatic carbocycles. The monoisotopic (exact) mass is 489 g/mol. The van der Waals surface area contributed by atoms with Gasteiger partial charge in [-0.15, -0.1) is 0 Å². The first-order valence-electron chi connectivity index (χ1n) is 10.5. The van der Waals surface area contributed by atoms with E-state index in [-0.39, 0.29) is 25.4 Å². The molecule has 1 aromatic heterocycles. The van der Waals surface area contributed by atoms with E-state index < -0.39 is 27.3 Å². The molecule has 0 bridgehead atoms. The van der Waals surface area contributed by atoms with Gasteiger partial charge in [-0.2, -0.15) is 8.42 Å². The van der Waals surface area contributed by atoms with Gasteiger partial charge in [0.1, 0.15) is 6.04 Å². The van der Waals surface area contributed by atoms with Crippen LogP contribution in [0, 0.1) is 0 Å². The van der Waals surface area contributed by atoms with Crippen molar-refractivity contribution in [3.8, 4) is 0 Å². The van der Waals surface area contributed by atoms with Gasteiger partial charge in [-0.1, -0.05) is 60.1 Å². The Kier molecular flexibility index (Phi) is 6.85. The Morgan fingerprint density at radius 2 is 1.82 bits per heavy atom. The quantitative estimate of drug-likeness (QED) is 0.372. The third-order valence-electron chi connectivity index (χ3n) is 5.65. The number of benzene rings is 2. The van der Waals surface area contributed by atoms with Gasteiger partial charge in [0.15, 0.2) is 0 Å². The lowest BCUT2D eigenvalue weighted by atomic mass is 10.1. The number of carboxylic acids is 1. The van der Waals surface area contributed by atoms with Crippen LogP contribution in [0.2, 0.25) is 5.02 Å². The molecule has 8 nitrogen and oxygen atoms in total. The fourth-order valence-electron chi connectivity index (χ4n) is 3.82. The maximum atomic E-state index is 12.1. The molecule has 2 aromatic carbocycles. The summed E-state index contributed by atoms with van der Waals surface area (Å²) in [6, 6.07) is 15.4. The lowest BCUT2D eigenvalue weighted by Gasteiger charge is -2.17. The minimum atomic E-state index is -4.61. The Morgan fingerprint density at radius 1 is 1.15 bits per heavy atom. The lowest BCUT2D eigenvalue weighted by molar-refractivity contribution is -0.139. The van der Waals surface area contributed by atoms with Crippen molar-refractivity contribution in [2.75, 3.05) is 0 Å². The van der Waals surface area contributed by atoms with Crippen molar-refractivity contribution in [1.82, 2.24) is 14.9 Å². The fourth-order valence-corrected chi connectivity index (χ4v) is 4.69. The van der Waals surface area contributed by atoms with Crippen molar-refractivity contribution in [3.05, 3.63) is 82.1 Å². The second-order valence-corrected chi connectivity index (χ2v) is 9.84. The summed E-state index contributed by atoms with van der Waals surface area (Å²) in [6.07, 6.45) is 1.97. The van der Waals surface area contributed by atoms with Gasteiger partial charge < -0.3 is 9.67 Å². The van der Waals surface area contributed by atoms with Crippen molar-refractivity contribution in [2.24, 2.45) is 0 Å². The van der Waals surface area contributed by atoms with Crippen molar-refractivity contribution >= 4 is 27.7 Å². The van der Waals surface area contributed by atoms with Crippen LogP contribution in [0.15, 0.2) is 59.8 Å². The number of imidazole rings is 1. The Morgan fingerprint density at radius 3 is 2.42 bits per heavy atom. The Balaban J connectivity index is 1.69. The highest BCUT2D eigenvalue weighted by Crippen LogP contribution is 2.42. The van der Waals surface area contributed by atoms with Gasteiger partial charge in [0.25, 0.3) is 5.16 Å². The first kappa shape index (κ1) is 23.4. The summed E-state index contributed by atoms with van der Waals surface area (Å²) in [5, 5.41) is 12.8. The van der Waals surface area contributed by atoms with Gasteiger partial charge >= 0.3 is 16.1 Å². The van der Waals surface area contributed by atoms with Crippen LogP contribution in [0.4, 0.5) is 0 Å². The molecule has 3 aromatic rings. The highest BCUT2D eigenvalue weighted by Gasteiger charge is 2.34. The van der Waals surface area contributed by atoms with Crippen LogP contribution in [-0.4, -0.2) is 39.6 Å². The molecule has 1 atom stereocenters. The molecule has 1 fully saturated rings. The summed E-state index contributed by atoms with van der Waals surface area (Å²) in [7, 11) is -4.61. The molecule has 0 aliphatic heterocycles. The molecular weight excluding hydrogens is 466 g/mol. The second-order valence-electron chi connectivity index (χ2n) is 8.11. The average Bonchev–Trinajstić information content (AvgIpc) is 3.54. The largest absolute Gasteiger partial charge is 0.480 e. The highest BCUT2D eigenvalue weighted by molar-refractivity contribution is 7.85. The zero-order valence-corrected chi connectivity index (χ0v) is 19.3. The first-order valence-corrected chi connectivity index (χ1v) is 12.4. The smallest absolute Gasteiger partial charge is 0.328 e. The molecule has 10 heteroatoms. The molecule has 0 radical (unpaired) electrons. The predicted molar refractivity (Wildman–Crippen MR) is 123 cm³/mol. The number of rotatable bonds is 10. The normalized spacial score (nSPS) is 14.8. The topological polar surface area (TPSA) is 122 Å².